The Morgan fingerprint density at radius 3 is 2.25 bits per heavy atom. The van der Waals surface area contributed by atoms with Crippen molar-refractivity contribution < 1.29 is 8.42 Å². The third kappa shape index (κ3) is 4.44. The normalized spacial score (nSPS) is 29.3. The highest BCUT2D eigenvalue weighted by molar-refractivity contribution is 7.86. The molecule has 0 aromatic rings. The maximum Gasteiger partial charge on any atom is 0.281 e. The Labute approximate surface area is 154 Å². The Bertz CT molecular complexity index is 482. The van der Waals surface area contributed by atoms with Crippen LogP contribution in [0.4, 0.5) is 0 Å². The fourth-order valence-corrected chi connectivity index (χ4v) is 6.58. The van der Waals surface area contributed by atoms with Crippen LogP contribution in [0, 0.1) is 11.3 Å². The molecule has 0 aromatic heterocycles. The van der Waals surface area contributed by atoms with Crippen molar-refractivity contribution in [2.24, 2.45) is 11.3 Å². The lowest BCUT2D eigenvalue weighted by Crippen LogP contribution is -2.52. The molecule has 7 heteroatoms. The second-order valence-corrected chi connectivity index (χ2v) is 9.82. The van der Waals surface area contributed by atoms with Gasteiger partial charge in [-0.05, 0) is 63.5 Å². The van der Waals surface area contributed by atoms with Crippen LogP contribution < -0.4 is 5.32 Å². The summed E-state index contributed by atoms with van der Waals surface area (Å²) in [4.78, 5) is 0. The van der Waals surface area contributed by atoms with Crippen molar-refractivity contribution in [3.63, 3.8) is 0 Å². The minimum absolute atomic E-state index is 0. The maximum atomic E-state index is 13.0. The van der Waals surface area contributed by atoms with Gasteiger partial charge in [-0.1, -0.05) is 19.3 Å². The van der Waals surface area contributed by atoms with Gasteiger partial charge >= 0.3 is 0 Å². The Morgan fingerprint density at radius 1 is 0.958 bits per heavy atom. The van der Waals surface area contributed by atoms with Gasteiger partial charge in [-0.2, -0.15) is 17.0 Å². The molecule has 1 atom stereocenters. The Morgan fingerprint density at radius 2 is 1.62 bits per heavy atom. The van der Waals surface area contributed by atoms with Gasteiger partial charge in [0.2, 0.25) is 0 Å². The van der Waals surface area contributed by atoms with Gasteiger partial charge < -0.3 is 5.32 Å². The first-order chi connectivity index (χ1) is 11.1. The molecule has 1 saturated carbocycles. The van der Waals surface area contributed by atoms with E-state index in [1.807, 2.05) is 7.05 Å². The van der Waals surface area contributed by atoms with E-state index in [0.29, 0.717) is 24.4 Å². The van der Waals surface area contributed by atoms with E-state index in [2.05, 4.69) is 5.32 Å². The van der Waals surface area contributed by atoms with Gasteiger partial charge in [0, 0.05) is 26.2 Å². The van der Waals surface area contributed by atoms with E-state index in [1.165, 1.54) is 32.1 Å². The highest BCUT2D eigenvalue weighted by Crippen LogP contribution is 2.45. The minimum atomic E-state index is -3.25. The number of hydrogen-bond acceptors (Lipinski definition) is 3. The molecule has 1 spiro atoms. The van der Waals surface area contributed by atoms with Crippen molar-refractivity contribution in [2.75, 3.05) is 39.8 Å². The van der Waals surface area contributed by atoms with Gasteiger partial charge in [0.05, 0.1) is 0 Å². The Balaban J connectivity index is 0.00000208. The summed E-state index contributed by atoms with van der Waals surface area (Å²) in [6.07, 6.45) is 10.9. The average molecular weight is 380 g/mol. The minimum Gasteiger partial charge on any atom is -0.319 e. The predicted octanol–water partition coefficient (Wildman–Crippen LogP) is 2.63. The molecule has 2 aliphatic heterocycles. The molecule has 5 nitrogen and oxygen atoms in total. The zero-order chi connectivity index (χ0) is 16.3. The summed E-state index contributed by atoms with van der Waals surface area (Å²) in [5.41, 5.74) is 0.459. The molecule has 0 aromatic carbocycles. The predicted molar refractivity (Wildman–Crippen MR) is 101 cm³/mol. The molecule has 2 saturated heterocycles. The molecule has 1 aliphatic carbocycles. The monoisotopic (exact) mass is 379 g/mol. The third-order valence-electron chi connectivity index (χ3n) is 6.32. The SMILES string of the molecule is CNCC1CCCN(S(=O)(=O)N2CCC3(CCCCC3)CC2)C1.Cl. The molecule has 142 valence electrons. The Hall–Kier alpha value is 0.120. The van der Waals surface area contributed by atoms with Gasteiger partial charge in [-0.3, -0.25) is 0 Å². The number of piperidine rings is 2. The van der Waals surface area contributed by atoms with Crippen molar-refractivity contribution in [3.05, 3.63) is 0 Å². The van der Waals surface area contributed by atoms with E-state index in [-0.39, 0.29) is 12.4 Å². The first-order valence-corrected chi connectivity index (χ1v) is 10.9. The fraction of sp³-hybridized carbons (Fsp3) is 1.00. The molecule has 3 aliphatic rings. The van der Waals surface area contributed by atoms with Gasteiger partial charge in [0.15, 0.2) is 0 Å². The molecule has 0 bridgehead atoms. The summed E-state index contributed by atoms with van der Waals surface area (Å²) in [6.45, 7) is 3.76. The second-order valence-electron chi connectivity index (χ2n) is 7.89. The van der Waals surface area contributed by atoms with Crippen LogP contribution in [0.15, 0.2) is 0 Å². The van der Waals surface area contributed by atoms with E-state index >= 15 is 0 Å². The van der Waals surface area contributed by atoms with Crippen molar-refractivity contribution in [1.29, 1.82) is 0 Å². The van der Waals surface area contributed by atoms with Crippen LogP contribution in [0.2, 0.25) is 0 Å². The number of nitrogens with one attached hydrogen (secondary N) is 1. The van der Waals surface area contributed by atoms with Crippen LogP contribution in [0.25, 0.3) is 0 Å². The number of rotatable bonds is 4. The summed E-state index contributed by atoms with van der Waals surface area (Å²) in [5, 5.41) is 3.19. The zero-order valence-electron chi connectivity index (χ0n) is 15.0. The standard InChI is InChI=1S/C17H33N3O2S.ClH/c1-18-14-16-6-5-11-20(15-16)23(21,22)19-12-9-17(10-13-19)7-3-2-4-8-17;/h16,18H,2-15H2,1H3;1H. The van der Waals surface area contributed by atoms with Crippen LogP contribution in [-0.4, -0.2) is 56.8 Å². The maximum absolute atomic E-state index is 13.0. The van der Waals surface area contributed by atoms with E-state index < -0.39 is 10.2 Å². The third-order valence-corrected chi connectivity index (χ3v) is 8.33. The smallest absolute Gasteiger partial charge is 0.281 e. The molecule has 0 radical (unpaired) electrons. The van der Waals surface area contributed by atoms with E-state index in [1.54, 1.807) is 8.61 Å². The molecule has 1 unspecified atom stereocenters. The van der Waals surface area contributed by atoms with E-state index in [9.17, 15) is 8.42 Å². The van der Waals surface area contributed by atoms with Gasteiger partial charge in [-0.25, -0.2) is 0 Å². The molecule has 0 amide bonds. The largest absolute Gasteiger partial charge is 0.319 e. The summed E-state index contributed by atoms with van der Waals surface area (Å²) < 4.78 is 29.5. The summed E-state index contributed by atoms with van der Waals surface area (Å²) in [5.74, 6) is 0.456. The zero-order valence-corrected chi connectivity index (χ0v) is 16.6. The van der Waals surface area contributed by atoms with Gasteiger partial charge in [0.25, 0.3) is 10.2 Å². The summed E-state index contributed by atoms with van der Waals surface area (Å²) >= 11 is 0. The molecule has 1 N–H and O–H groups in total. The van der Waals surface area contributed by atoms with Crippen molar-refractivity contribution >= 4 is 22.6 Å². The van der Waals surface area contributed by atoms with Crippen LogP contribution in [0.1, 0.15) is 57.8 Å². The van der Waals surface area contributed by atoms with Crippen LogP contribution in [-0.2, 0) is 10.2 Å². The first kappa shape index (κ1) is 20.4. The van der Waals surface area contributed by atoms with Crippen molar-refractivity contribution in [1.82, 2.24) is 13.9 Å². The number of halogens is 1. The summed E-state index contributed by atoms with van der Waals surface area (Å²) in [6, 6.07) is 0. The van der Waals surface area contributed by atoms with Crippen LogP contribution in [0.5, 0.6) is 0 Å². The molecule has 24 heavy (non-hydrogen) atoms. The highest BCUT2D eigenvalue weighted by Gasteiger charge is 2.41. The van der Waals surface area contributed by atoms with Crippen LogP contribution >= 0.6 is 12.4 Å². The van der Waals surface area contributed by atoms with E-state index in [0.717, 1.165) is 45.3 Å². The first-order valence-electron chi connectivity index (χ1n) is 9.46. The second kappa shape index (κ2) is 8.67. The number of nitrogens with zero attached hydrogens (tertiary/aromatic N) is 2. The summed E-state index contributed by atoms with van der Waals surface area (Å²) in [7, 11) is -1.31. The lowest BCUT2D eigenvalue weighted by Gasteiger charge is -2.45. The van der Waals surface area contributed by atoms with Gasteiger partial charge in [-0.15, -0.1) is 12.4 Å². The number of hydrogen-bond donors (Lipinski definition) is 1. The molecular weight excluding hydrogens is 346 g/mol. The van der Waals surface area contributed by atoms with Gasteiger partial charge in [0.1, 0.15) is 0 Å². The quantitative estimate of drug-likeness (QED) is 0.816. The fourth-order valence-electron chi connectivity index (χ4n) is 4.85. The average Bonchev–Trinajstić information content (AvgIpc) is 2.57. The molecule has 2 heterocycles. The highest BCUT2D eigenvalue weighted by atomic mass is 35.5. The lowest BCUT2D eigenvalue weighted by atomic mass is 9.68. The lowest BCUT2D eigenvalue weighted by molar-refractivity contribution is 0.0980. The molecule has 3 rings (SSSR count). The van der Waals surface area contributed by atoms with Crippen molar-refractivity contribution in [3.8, 4) is 0 Å². The topological polar surface area (TPSA) is 52.7 Å². The van der Waals surface area contributed by atoms with Crippen molar-refractivity contribution in [2.45, 2.75) is 57.8 Å². The molecule has 3 fully saturated rings. The van der Waals surface area contributed by atoms with E-state index in [4.69, 9.17) is 0 Å². The molecular formula is C17H34ClN3O2S. The van der Waals surface area contributed by atoms with Crippen LogP contribution in [0.3, 0.4) is 0 Å². The Kier molecular flexibility index (Phi) is 7.38.